The molecule has 2 aliphatic rings. The van der Waals surface area contributed by atoms with E-state index in [0.29, 0.717) is 32.5 Å². The molecule has 0 unspecified atom stereocenters. The van der Waals surface area contributed by atoms with Gasteiger partial charge >= 0.3 is 0 Å². The summed E-state index contributed by atoms with van der Waals surface area (Å²) in [6.45, 7) is 2.53. The number of fused-ring (bicyclic) bond motifs is 1. The maximum atomic E-state index is 12.9. The van der Waals surface area contributed by atoms with E-state index < -0.39 is 0 Å². The molecule has 0 saturated carbocycles. The molecule has 2 amide bonds. The van der Waals surface area contributed by atoms with Crippen LogP contribution in [-0.4, -0.2) is 76.6 Å². The molecule has 3 heterocycles. The van der Waals surface area contributed by atoms with Crippen molar-refractivity contribution in [3.8, 4) is 5.75 Å². The van der Waals surface area contributed by atoms with Crippen LogP contribution in [0.2, 0.25) is 0 Å². The van der Waals surface area contributed by atoms with Crippen molar-refractivity contribution >= 4 is 23.3 Å². The van der Waals surface area contributed by atoms with E-state index in [9.17, 15) is 9.59 Å². The monoisotopic (exact) mass is 458 g/mol. The Balaban J connectivity index is 1.29. The van der Waals surface area contributed by atoms with Crippen LogP contribution in [0.1, 0.15) is 30.5 Å². The average molecular weight is 459 g/mol. The molecule has 2 N–H and O–H groups in total. The minimum Gasteiger partial charge on any atom is -0.497 e. The Morgan fingerprint density at radius 2 is 2.16 bits per heavy atom. The Labute approximate surface area is 192 Å². The lowest BCUT2D eigenvalue weighted by molar-refractivity contribution is -0.126. The van der Waals surface area contributed by atoms with Crippen LogP contribution in [0.3, 0.4) is 0 Å². The first-order chi connectivity index (χ1) is 15.5. The molecule has 32 heavy (non-hydrogen) atoms. The van der Waals surface area contributed by atoms with Crippen LogP contribution in [-0.2, 0) is 22.7 Å². The molecular formula is C22H30N6O3S. The summed E-state index contributed by atoms with van der Waals surface area (Å²) in [5.41, 5.74) is 1.93. The van der Waals surface area contributed by atoms with Crippen LogP contribution in [0, 0.1) is 0 Å². The summed E-state index contributed by atoms with van der Waals surface area (Å²) in [5.74, 6) is 0.880. The molecule has 9 nitrogen and oxygen atoms in total. The minimum atomic E-state index is -0.199. The fourth-order valence-electron chi connectivity index (χ4n) is 4.62. The van der Waals surface area contributed by atoms with Gasteiger partial charge in [0.15, 0.2) is 0 Å². The van der Waals surface area contributed by atoms with E-state index >= 15 is 0 Å². The topological polar surface area (TPSA) is 99.7 Å². The molecule has 3 atom stereocenters. The molecule has 0 bridgehead atoms. The van der Waals surface area contributed by atoms with Crippen LogP contribution >= 0.6 is 11.5 Å². The lowest BCUT2D eigenvalue weighted by atomic mass is 10.0. The fourth-order valence-corrected chi connectivity index (χ4v) is 5.06. The zero-order valence-electron chi connectivity index (χ0n) is 18.5. The molecule has 0 radical (unpaired) electrons. The molecule has 1 aromatic heterocycles. The summed E-state index contributed by atoms with van der Waals surface area (Å²) in [6.07, 6.45) is 2.05. The van der Waals surface area contributed by atoms with Crippen LogP contribution in [0.4, 0.5) is 0 Å². The lowest BCUT2D eigenvalue weighted by Gasteiger charge is -2.33. The fraction of sp³-hybridized carbons (Fsp3) is 0.545. The number of likely N-dealkylation sites (tertiary alicyclic amines) is 1. The number of nitrogens with zero attached hydrogens (tertiary/aromatic N) is 4. The number of carbonyl (C=O) groups is 2. The number of hydrogen-bond acceptors (Lipinski definition) is 8. The number of ether oxygens (including phenoxy) is 1. The lowest BCUT2D eigenvalue weighted by Crippen LogP contribution is -2.49. The van der Waals surface area contributed by atoms with Gasteiger partial charge in [0.25, 0.3) is 0 Å². The quantitative estimate of drug-likeness (QED) is 0.609. The zero-order valence-corrected chi connectivity index (χ0v) is 19.3. The number of methoxy groups -OCH3 is 1. The highest BCUT2D eigenvalue weighted by Gasteiger charge is 2.45. The number of benzene rings is 1. The Morgan fingerprint density at radius 3 is 2.88 bits per heavy atom. The van der Waals surface area contributed by atoms with Crippen molar-refractivity contribution in [2.75, 3.05) is 27.2 Å². The average Bonchev–Trinajstić information content (AvgIpc) is 3.45. The highest BCUT2D eigenvalue weighted by Crippen LogP contribution is 2.28. The van der Waals surface area contributed by atoms with Crippen LogP contribution in [0.15, 0.2) is 29.6 Å². The second-order valence-corrected chi connectivity index (χ2v) is 9.01. The molecular weight excluding hydrogens is 428 g/mol. The Kier molecular flexibility index (Phi) is 7.33. The first-order valence-corrected chi connectivity index (χ1v) is 11.8. The molecule has 1 aromatic carbocycles. The Hall–Kier alpha value is -2.56. The number of rotatable bonds is 8. The molecule has 2 fully saturated rings. The van der Waals surface area contributed by atoms with Crippen molar-refractivity contribution in [1.82, 2.24) is 30.0 Å². The van der Waals surface area contributed by atoms with E-state index in [1.807, 2.05) is 29.6 Å². The molecule has 0 spiro atoms. The molecule has 2 saturated heterocycles. The van der Waals surface area contributed by atoms with E-state index in [1.165, 1.54) is 11.5 Å². The summed E-state index contributed by atoms with van der Waals surface area (Å²) in [6, 6.07) is 7.73. The van der Waals surface area contributed by atoms with Gasteiger partial charge in [0.2, 0.25) is 11.8 Å². The summed E-state index contributed by atoms with van der Waals surface area (Å²) >= 11 is 1.33. The normalized spacial score (nSPS) is 23.9. The second kappa shape index (κ2) is 10.4. The summed E-state index contributed by atoms with van der Waals surface area (Å²) in [7, 11) is 3.71. The van der Waals surface area contributed by atoms with Gasteiger partial charge in [-0.25, -0.2) is 0 Å². The molecule has 2 aromatic rings. The maximum Gasteiger partial charge on any atom is 0.239 e. The van der Waals surface area contributed by atoms with Crippen molar-refractivity contribution in [2.24, 2.45) is 0 Å². The van der Waals surface area contributed by atoms with Crippen LogP contribution in [0.5, 0.6) is 5.75 Å². The smallest absolute Gasteiger partial charge is 0.239 e. The minimum absolute atomic E-state index is 0.0189. The number of nitrogens with one attached hydrogen (secondary N) is 2. The van der Waals surface area contributed by atoms with E-state index in [2.05, 4.69) is 37.1 Å². The summed E-state index contributed by atoms with van der Waals surface area (Å²) < 4.78 is 9.09. The standard InChI is InChI=1S/C22H30N6O3S/c1-27-17(5-8-20(29)23-11-15-3-6-18(31-2)7-4-15)12-24-22(30)21-19(27)9-10-28(21)13-16-14-32-26-25-16/h3-4,6-7,14,17,19,21H,5,8-13H2,1-2H3,(H,23,29)(H,24,30)/t17-,19+,21-/m0/s1. The van der Waals surface area contributed by atoms with Crippen LogP contribution in [0.25, 0.3) is 0 Å². The van der Waals surface area contributed by atoms with E-state index in [0.717, 1.165) is 30.0 Å². The number of aromatic nitrogens is 2. The van der Waals surface area contributed by atoms with Crippen molar-refractivity contribution in [3.05, 3.63) is 40.9 Å². The third kappa shape index (κ3) is 5.25. The van der Waals surface area contributed by atoms with Gasteiger partial charge in [0, 0.05) is 50.1 Å². The van der Waals surface area contributed by atoms with Gasteiger partial charge in [0.1, 0.15) is 11.8 Å². The van der Waals surface area contributed by atoms with Gasteiger partial charge < -0.3 is 15.4 Å². The maximum absolute atomic E-state index is 12.9. The van der Waals surface area contributed by atoms with Gasteiger partial charge in [-0.3, -0.25) is 19.4 Å². The SMILES string of the molecule is COc1ccc(CNC(=O)CC[C@H]2CNC(=O)[C@@H]3[C@@H](CCN3Cc3csnn3)N2C)cc1. The van der Waals surface area contributed by atoms with Crippen LogP contribution < -0.4 is 15.4 Å². The highest BCUT2D eigenvalue weighted by atomic mass is 32.1. The van der Waals surface area contributed by atoms with Gasteiger partial charge in [-0.1, -0.05) is 16.6 Å². The Morgan fingerprint density at radius 1 is 1.34 bits per heavy atom. The predicted octanol–water partition coefficient (Wildman–Crippen LogP) is 1.02. The molecule has 2 aliphatic heterocycles. The molecule has 172 valence electrons. The number of amides is 2. The van der Waals surface area contributed by atoms with E-state index in [4.69, 9.17) is 4.74 Å². The number of carbonyl (C=O) groups excluding carboxylic acids is 2. The van der Waals surface area contributed by atoms with Gasteiger partial charge in [-0.2, -0.15) is 0 Å². The molecule has 10 heteroatoms. The zero-order chi connectivity index (χ0) is 22.5. The van der Waals surface area contributed by atoms with Gasteiger partial charge in [-0.15, -0.1) is 5.10 Å². The van der Waals surface area contributed by atoms with Gasteiger partial charge in [-0.05, 0) is 49.1 Å². The van der Waals surface area contributed by atoms with Gasteiger partial charge in [0.05, 0.1) is 12.8 Å². The van der Waals surface area contributed by atoms with E-state index in [-0.39, 0.29) is 29.9 Å². The third-order valence-corrected chi connectivity index (χ3v) is 7.03. The van der Waals surface area contributed by atoms with Crippen molar-refractivity contribution in [1.29, 1.82) is 0 Å². The Bertz CT molecular complexity index is 907. The third-order valence-electron chi connectivity index (χ3n) is 6.47. The number of hydrogen-bond donors (Lipinski definition) is 2. The summed E-state index contributed by atoms with van der Waals surface area (Å²) in [4.78, 5) is 29.8. The largest absolute Gasteiger partial charge is 0.497 e. The van der Waals surface area contributed by atoms with E-state index in [1.54, 1.807) is 7.11 Å². The molecule has 4 rings (SSSR count). The van der Waals surface area contributed by atoms with Crippen molar-refractivity contribution < 1.29 is 14.3 Å². The predicted molar refractivity (Wildman–Crippen MR) is 121 cm³/mol. The first kappa shape index (κ1) is 22.6. The summed E-state index contributed by atoms with van der Waals surface area (Å²) in [5, 5.41) is 12.1. The first-order valence-electron chi connectivity index (χ1n) is 10.9. The van der Waals surface area contributed by atoms with Crippen molar-refractivity contribution in [2.45, 2.75) is 50.5 Å². The number of likely N-dealkylation sites (N-methyl/N-ethyl adjacent to an activating group) is 1. The van der Waals surface area contributed by atoms with Crippen molar-refractivity contribution in [3.63, 3.8) is 0 Å². The molecule has 0 aliphatic carbocycles. The highest BCUT2D eigenvalue weighted by molar-refractivity contribution is 7.03. The second-order valence-electron chi connectivity index (χ2n) is 8.40.